The first-order valence-corrected chi connectivity index (χ1v) is 10.6. The minimum absolute atomic E-state index is 0.0692. The Balaban J connectivity index is 1.39. The lowest BCUT2D eigenvalue weighted by Gasteiger charge is -2.34. The van der Waals surface area contributed by atoms with Gasteiger partial charge in [0.2, 0.25) is 5.91 Å². The molecule has 0 aliphatic carbocycles. The summed E-state index contributed by atoms with van der Waals surface area (Å²) in [5, 5.41) is 2.55. The van der Waals surface area contributed by atoms with E-state index >= 15 is 0 Å². The van der Waals surface area contributed by atoms with E-state index in [1.165, 1.54) is 30.7 Å². The van der Waals surface area contributed by atoms with E-state index in [0.717, 1.165) is 52.1 Å². The van der Waals surface area contributed by atoms with E-state index in [9.17, 15) is 14.0 Å². The van der Waals surface area contributed by atoms with Crippen molar-refractivity contribution in [3.63, 3.8) is 0 Å². The Morgan fingerprint density at radius 1 is 0.967 bits per heavy atom. The molecule has 30 heavy (non-hydrogen) atoms. The number of rotatable bonds is 9. The molecular formula is C24H30FN3O2. The molecule has 160 valence electrons. The van der Waals surface area contributed by atoms with Crippen LogP contribution in [0.4, 0.5) is 10.1 Å². The average Bonchev–Trinajstić information content (AvgIpc) is 2.73. The third-order valence-electron chi connectivity index (χ3n) is 5.50. The third kappa shape index (κ3) is 6.75. The first kappa shape index (κ1) is 22.1. The smallest absolute Gasteiger partial charge is 0.221 e. The molecular weight excluding hydrogens is 381 g/mol. The first-order chi connectivity index (χ1) is 14.5. The second-order valence-corrected chi connectivity index (χ2v) is 7.82. The van der Waals surface area contributed by atoms with E-state index in [-0.39, 0.29) is 17.4 Å². The lowest BCUT2D eigenvalue weighted by molar-refractivity contribution is -0.114. The Morgan fingerprint density at radius 3 is 2.30 bits per heavy atom. The van der Waals surface area contributed by atoms with Crippen molar-refractivity contribution in [1.82, 2.24) is 9.80 Å². The number of nitrogens with zero attached hydrogens (tertiary/aromatic N) is 2. The summed E-state index contributed by atoms with van der Waals surface area (Å²) in [7, 11) is 0. The molecule has 1 heterocycles. The van der Waals surface area contributed by atoms with Crippen LogP contribution in [0.3, 0.4) is 0 Å². The van der Waals surface area contributed by atoms with Crippen LogP contribution in [0.25, 0.3) is 0 Å². The van der Waals surface area contributed by atoms with Gasteiger partial charge in [-0.1, -0.05) is 30.3 Å². The molecule has 1 N–H and O–H groups in total. The average molecular weight is 412 g/mol. The predicted octanol–water partition coefficient (Wildman–Crippen LogP) is 3.61. The molecule has 3 rings (SSSR count). The van der Waals surface area contributed by atoms with Crippen molar-refractivity contribution in [1.29, 1.82) is 0 Å². The highest BCUT2D eigenvalue weighted by Crippen LogP contribution is 2.20. The second kappa shape index (κ2) is 11.0. The molecule has 2 aromatic carbocycles. The van der Waals surface area contributed by atoms with Crippen molar-refractivity contribution >= 4 is 17.4 Å². The zero-order valence-corrected chi connectivity index (χ0v) is 17.6. The number of hydrogen-bond acceptors (Lipinski definition) is 4. The van der Waals surface area contributed by atoms with Crippen LogP contribution >= 0.6 is 0 Å². The van der Waals surface area contributed by atoms with Crippen LogP contribution < -0.4 is 5.32 Å². The fourth-order valence-corrected chi connectivity index (χ4v) is 3.82. The summed E-state index contributed by atoms with van der Waals surface area (Å²) in [5.41, 5.74) is 2.00. The number of hydrogen-bond donors (Lipinski definition) is 1. The fraction of sp³-hybridized carbons (Fsp3) is 0.417. The zero-order chi connectivity index (χ0) is 21.3. The third-order valence-corrected chi connectivity index (χ3v) is 5.50. The Hall–Kier alpha value is -2.57. The maximum atomic E-state index is 13.5. The SMILES string of the molecule is CC(=O)Nc1cc(F)ccc1C(=O)CCCN1CCN(CCc2ccccc2)CC1. The molecule has 1 aliphatic heterocycles. The molecule has 6 heteroatoms. The fourth-order valence-electron chi connectivity index (χ4n) is 3.82. The monoisotopic (exact) mass is 411 g/mol. The van der Waals surface area contributed by atoms with Gasteiger partial charge in [-0.2, -0.15) is 0 Å². The van der Waals surface area contributed by atoms with Gasteiger partial charge in [-0.05, 0) is 43.1 Å². The van der Waals surface area contributed by atoms with Crippen LogP contribution in [0.1, 0.15) is 35.7 Å². The van der Waals surface area contributed by atoms with Gasteiger partial charge in [0.25, 0.3) is 0 Å². The Morgan fingerprint density at radius 2 is 1.63 bits per heavy atom. The molecule has 0 spiro atoms. The zero-order valence-electron chi connectivity index (χ0n) is 17.6. The van der Waals surface area contributed by atoms with Crippen LogP contribution in [0.15, 0.2) is 48.5 Å². The summed E-state index contributed by atoms with van der Waals surface area (Å²) in [4.78, 5) is 28.8. The van der Waals surface area contributed by atoms with E-state index in [0.29, 0.717) is 12.0 Å². The molecule has 0 bridgehead atoms. The van der Waals surface area contributed by atoms with Gasteiger partial charge in [-0.25, -0.2) is 4.39 Å². The normalized spacial score (nSPS) is 15.1. The number of carbonyl (C=O) groups excluding carboxylic acids is 2. The molecule has 0 aromatic heterocycles. The number of anilines is 1. The number of piperazine rings is 1. The lowest BCUT2D eigenvalue weighted by atomic mass is 10.0. The van der Waals surface area contributed by atoms with Gasteiger partial charge in [-0.15, -0.1) is 0 Å². The van der Waals surface area contributed by atoms with Crippen molar-refractivity contribution in [3.05, 3.63) is 65.5 Å². The summed E-state index contributed by atoms with van der Waals surface area (Å²) in [6, 6.07) is 14.5. The van der Waals surface area contributed by atoms with Gasteiger partial charge in [0.1, 0.15) is 5.82 Å². The standard InChI is InChI=1S/C24H30FN3O2/c1-19(29)26-23-18-21(25)9-10-22(23)24(30)8-5-12-27-14-16-28(17-15-27)13-11-20-6-3-2-4-7-20/h2-4,6-7,9-10,18H,5,8,11-17H2,1H3,(H,26,29). The summed E-state index contributed by atoms with van der Waals surface area (Å²) in [5.74, 6) is -0.861. The minimum atomic E-state index is -0.472. The maximum absolute atomic E-state index is 13.5. The summed E-state index contributed by atoms with van der Waals surface area (Å²) in [6.45, 7) is 7.41. The van der Waals surface area contributed by atoms with Gasteiger partial charge in [-0.3, -0.25) is 9.59 Å². The molecule has 2 aromatic rings. The second-order valence-electron chi connectivity index (χ2n) is 7.82. The van der Waals surface area contributed by atoms with E-state index in [2.05, 4.69) is 39.4 Å². The van der Waals surface area contributed by atoms with E-state index in [1.54, 1.807) is 0 Å². The summed E-state index contributed by atoms with van der Waals surface area (Å²) < 4.78 is 13.5. The minimum Gasteiger partial charge on any atom is -0.326 e. The number of Topliss-reactive ketones (excluding diaryl/α,β-unsaturated/α-hetero) is 1. The van der Waals surface area contributed by atoms with Gasteiger partial charge in [0.15, 0.2) is 5.78 Å². The van der Waals surface area contributed by atoms with Gasteiger partial charge in [0, 0.05) is 51.6 Å². The lowest BCUT2D eigenvalue weighted by Crippen LogP contribution is -2.47. The molecule has 5 nitrogen and oxygen atoms in total. The van der Waals surface area contributed by atoms with Crippen molar-refractivity contribution in [2.75, 3.05) is 44.6 Å². The van der Waals surface area contributed by atoms with Crippen molar-refractivity contribution < 1.29 is 14.0 Å². The van der Waals surface area contributed by atoms with Gasteiger partial charge < -0.3 is 15.1 Å². The Labute approximate surface area is 177 Å². The summed E-state index contributed by atoms with van der Waals surface area (Å²) >= 11 is 0. The Bertz CT molecular complexity index is 849. The number of halogens is 1. The molecule has 0 saturated carbocycles. The van der Waals surface area contributed by atoms with Crippen molar-refractivity contribution in [2.24, 2.45) is 0 Å². The molecule has 0 unspecified atom stereocenters. The quantitative estimate of drug-likeness (QED) is 0.641. The number of amides is 1. The molecule has 1 amide bonds. The molecule has 1 aliphatic rings. The number of carbonyl (C=O) groups is 2. The van der Waals surface area contributed by atoms with Crippen LogP contribution in [-0.2, 0) is 11.2 Å². The highest BCUT2D eigenvalue weighted by molar-refractivity contribution is 6.04. The van der Waals surface area contributed by atoms with Gasteiger partial charge in [0.05, 0.1) is 5.69 Å². The molecule has 0 atom stereocenters. The largest absolute Gasteiger partial charge is 0.326 e. The van der Waals surface area contributed by atoms with Gasteiger partial charge >= 0.3 is 0 Å². The van der Waals surface area contributed by atoms with Crippen LogP contribution in [0.5, 0.6) is 0 Å². The van der Waals surface area contributed by atoms with E-state index < -0.39 is 5.82 Å². The van der Waals surface area contributed by atoms with Crippen LogP contribution in [0.2, 0.25) is 0 Å². The van der Waals surface area contributed by atoms with Crippen LogP contribution in [0, 0.1) is 5.82 Å². The maximum Gasteiger partial charge on any atom is 0.221 e. The van der Waals surface area contributed by atoms with Crippen molar-refractivity contribution in [2.45, 2.75) is 26.2 Å². The van der Waals surface area contributed by atoms with Crippen LogP contribution in [-0.4, -0.2) is 60.8 Å². The van der Waals surface area contributed by atoms with E-state index in [4.69, 9.17) is 0 Å². The summed E-state index contributed by atoms with van der Waals surface area (Å²) in [6.07, 6.45) is 2.20. The molecule has 0 radical (unpaired) electrons. The molecule has 1 fully saturated rings. The Kier molecular flexibility index (Phi) is 8.11. The number of ketones is 1. The highest BCUT2D eigenvalue weighted by Gasteiger charge is 2.18. The number of nitrogens with one attached hydrogen (secondary N) is 1. The van der Waals surface area contributed by atoms with E-state index in [1.807, 2.05) is 6.07 Å². The highest BCUT2D eigenvalue weighted by atomic mass is 19.1. The first-order valence-electron chi connectivity index (χ1n) is 10.6. The van der Waals surface area contributed by atoms with Crippen molar-refractivity contribution in [3.8, 4) is 0 Å². The topological polar surface area (TPSA) is 52.7 Å². The molecule has 1 saturated heterocycles. The predicted molar refractivity (Wildman–Crippen MR) is 117 cm³/mol. The number of benzene rings is 2.